The molecule has 1 fully saturated rings. The molecular formula is C16H17FN2O2. The summed E-state index contributed by atoms with van der Waals surface area (Å²) in [6.07, 6.45) is 6.67. The fourth-order valence-corrected chi connectivity index (χ4v) is 3.11. The number of halogens is 1. The van der Waals surface area contributed by atoms with Crippen molar-refractivity contribution in [2.75, 3.05) is 0 Å². The van der Waals surface area contributed by atoms with Crippen LogP contribution in [0.4, 0.5) is 4.39 Å². The summed E-state index contributed by atoms with van der Waals surface area (Å²) in [6, 6.07) is 6.10. The highest BCUT2D eigenvalue weighted by atomic mass is 19.1. The van der Waals surface area contributed by atoms with Gasteiger partial charge in [0.25, 0.3) is 0 Å². The highest BCUT2D eigenvalue weighted by Gasteiger charge is 2.26. The number of rotatable bonds is 3. The maximum atomic E-state index is 13.4. The van der Waals surface area contributed by atoms with E-state index in [2.05, 4.69) is 5.10 Å². The first-order chi connectivity index (χ1) is 10.2. The molecule has 0 amide bonds. The Morgan fingerprint density at radius 2 is 2.05 bits per heavy atom. The highest BCUT2D eigenvalue weighted by molar-refractivity contribution is 5.89. The van der Waals surface area contributed by atoms with Crippen LogP contribution in [0.3, 0.4) is 0 Å². The van der Waals surface area contributed by atoms with Crippen LogP contribution in [0.1, 0.15) is 54.1 Å². The SMILES string of the molecule is O=C(O)c1cnn(-c2cccc(F)c2)c1C1CCCCC1. The number of hydrogen-bond donors (Lipinski definition) is 1. The Bertz CT molecular complexity index is 660. The molecule has 3 rings (SSSR count). The minimum absolute atomic E-state index is 0.176. The van der Waals surface area contributed by atoms with E-state index in [1.807, 2.05) is 0 Å². The lowest BCUT2D eigenvalue weighted by Gasteiger charge is -2.23. The number of aromatic nitrogens is 2. The van der Waals surface area contributed by atoms with Crippen molar-refractivity contribution in [1.29, 1.82) is 0 Å². The standard InChI is InChI=1S/C16H17FN2O2/c17-12-7-4-8-13(9-12)19-15(11-5-2-1-3-6-11)14(10-18-19)16(20)21/h4,7-11H,1-3,5-6H2,(H,20,21). The molecule has 1 aliphatic carbocycles. The summed E-state index contributed by atoms with van der Waals surface area (Å²) >= 11 is 0. The average Bonchev–Trinajstić information content (AvgIpc) is 2.93. The third-order valence-corrected chi connectivity index (χ3v) is 4.08. The first-order valence-corrected chi connectivity index (χ1v) is 7.24. The highest BCUT2D eigenvalue weighted by Crippen LogP contribution is 2.35. The van der Waals surface area contributed by atoms with Crippen molar-refractivity contribution >= 4 is 5.97 Å². The number of carboxylic acids is 1. The van der Waals surface area contributed by atoms with E-state index in [9.17, 15) is 14.3 Å². The Labute approximate surface area is 122 Å². The van der Waals surface area contributed by atoms with Gasteiger partial charge in [0.05, 0.1) is 17.6 Å². The maximum absolute atomic E-state index is 13.4. The number of carboxylic acid groups (broad SMARTS) is 1. The van der Waals surface area contributed by atoms with Gasteiger partial charge in [-0.25, -0.2) is 13.9 Å². The average molecular weight is 288 g/mol. The first kappa shape index (κ1) is 13.8. The van der Waals surface area contributed by atoms with Gasteiger partial charge in [-0.05, 0) is 31.0 Å². The number of nitrogens with zero attached hydrogens (tertiary/aromatic N) is 2. The summed E-state index contributed by atoms with van der Waals surface area (Å²) in [5.74, 6) is -1.15. The van der Waals surface area contributed by atoms with Gasteiger partial charge in [-0.2, -0.15) is 5.10 Å². The molecule has 0 radical (unpaired) electrons. The number of carbonyl (C=O) groups is 1. The van der Waals surface area contributed by atoms with Gasteiger partial charge in [0.2, 0.25) is 0 Å². The molecule has 5 heteroatoms. The van der Waals surface area contributed by atoms with Crippen LogP contribution in [0.25, 0.3) is 5.69 Å². The van der Waals surface area contributed by atoms with Gasteiger partial charge in [0.15, 0.2) is 0 Å². The lowest BCUT2D eigenvalue weighted by Crippen LogP contribution is -2.14. The van der Waals surface area contributed by atoms with Crippen molar-refractivity contribution < 1.29 is 14.3 Å². The van der Waals surface area contributed by atoms with Gasteiger partial charge in [-0.15, -0.1) is 0 Å². The molecule has 0 saturated heterocycles. The van der Waals surface area contributed by atoms with Crippen LogP contribution in [0, 0.1) is 5.82 Å². The summed E-state index contributed by atoms with van der Waals surface area (Å²) in [7, 11) is 0. The topological polar surface area (TPSA) is 55.1 Å². The smallest absolute Gasteiger partial charge is 0.339 e. The van der Waals surface area contributed by atoms with E-state index >= 15 is 0 Å². The molecule has 110 valence electrons. The van der Waals surface area contributed by atoms with E-state index in [0.717, 1.165) is 25.7 Å². The summed E-state index contributed by atoms with van der Waals surface area (Å²) in [5, 5.41) is 13.6. The third-order valence-electron chi connectivity index (χ3n) is 4.08. The van der Waals surface area contributed by atoms with Crippen LogP contribution in [0.15, 0.2) is 30.5 Å². The molecule has 4 nitrogen and oxygen atoms in total. The second-order valence-electron chi connectivity index (χ2n) is 5.48. The minimum Gasteiger partial charge on any atom is -0.478 e. The van der Waals surface area contributed by atoms with E-state index in [4.69, 9.17) is 0 Å². The molecule has 21 heavy (non-hydrogen) atoms. The van der Waals surface area contributed by atoms with Crippen molar-refractivity contribution in [2.45, 2.75) is 38.0 Å². The van der Waals surface area contributed by atoms with Crippen LogP contribution < -0.4 is 0 Å². The monoisotopic (exact) mass is 288 g/mol. The summed E-state index contributed by atoms with van der Waals surface area (Å²) < 4.78 is 15.0. The second-order valence-corrected chi connectivity index (χ2v) is 5.48. The zero-order valence-corrected chi connectivity index (χ0v) is 11.6. The van der Waals surface area contributed by atoms with Crippen molar-refractivity contribution in [1.82, 2.24) is 9.78 Å². The molecule has 0 aliphatic heterocycles. The summed E-state index contributed by atoms with van der Waals surface area (Å²) in [5.41, 5.74) is 1.50. The zero-order valence-electron chi connectivity index (χ0n) is 11.6. The largest absolute Gasteiger partial charge is 0.478 e. The number of benzene rings is 1. The van der Waals surface area contributed by atoms with Crippen molar-refractivity contribution in [3.8, 4) is 5.69 Å². The van der Waals surface area contributed by atoms with E-state index in [-0.39, 0.29) is 17.3 Å². The third kappa shape index (κ3) is 2.68. The Balaban J connectivity index is 2.10. The second kappa shape index (κ2) is 5.68. The molecule has 1 aromatic heterocycles. The van der Waals surface area contributed by atoms with E-state index in [1.54, 1.807) is 16.8 Å². The molecule has 1 heterocycles. The predicted octanol–water partition coefficient (Wildman–Crippen LogP) is 3.76. The molecule has 0 atom stereocenters. The van der Waals surface area contributed by atoms with Gasteiger partial charge < -0.3 is 5.11 Å². The van der Waals surface area contributed by atoms with Gasteiger partial charge in [0, 0.05) is 5.92 Å². The van der Waals surface area contributed by atoms with Crippen LogP contribution in [0.5, 0.6) is 0 Å². The van der Waals surface area contributed by atoms with Crippen molar-refractivity contribution in [2.24, 2.45) is 0 Å². The van der Waals surface area contributed by atoms with Crippen LogP contribution in [0.2, 0.25) is 0 Å². The molecule has 1 aromatic carbocycles. The van der Waals surface area contributed by atoms with Gasteiger partial charge in [-0.1, -0.05) is 25.3 Å². The van der Waals surface area contributed by atoms with Crippen LogP contribution in [-0.2, 0) is 0 Å². The lowest BCUT2D eigenvalue weighted by molar-refractivity contribution is 0.0694. The molecule has 0 spiro atoms. The quantitative estimate of drug-likeness (QED) is 0.935. The molecule has 1 saturated carbocycles. The fourth-order valence-electron chi connectivity index (χ4n) is 3.11. The molecule has 1 aliphatic rings. The van der Waals surface area contributed by atoms with Gasteiger partial charge in [0.1, 0.15) is 11.4 Å². The molecule has 0 unspecified atom stereocenters. The van der Waals surface area contributed by atoms with Gasteiger partial charge >= 0.3 is 5.97 Å². The Hall–Kier alpha value is -2.17. The normalized spacial score (nSPS) is 16.0. The van der Waals surface area contributed by atoms with Crippen LogP contribution in [-0.4, -0.2) is 20.9 Å². The number of hydrogen-bond acceptors (Lipinski definition) is 2. The minimum atomic E-state index is -0.974. The van der Waals surface area contributed by atoms with Gasteiger partial charge in [-0.3, -0.25) is 0 Å². The Morgan fingerprint density at radius 1 is 1.29 bits per heavy atom. The van der Waals surface area contributed by atoms with E-state index in [0.29, 0.717) is 11.4 Å². The van der Waals surface area contributed by atoms with E-state index < -0.39 is 5.97 Å². The predicted molar refractivity (Wildman–Crippen MR) is 76.3 cm³/mol. The van der Waals surface area contributed by atoms with Crippen molar-refractivity contribution in [3.63, 3.8) is 0 Å². The molecule has 1 N–H and O–H groups in total. The van der Waals surface area contributed by atoms with Crippen LogP contribution >= 0.6 is 0 Å². The first-order valence-electron chi connectivity index (χ1n) is 7.24. The summed E-state index contributed by atoms with van der Waals surface area (Å²) in [4.78, 5) is 11.4. The Kier molecular flexibility index (Phi) is 3.73. The molecular weight excluding hydrogens is 271 g/mol. The fraction of sp³-hybridized carbons (Fsp3) is 0.375. The molecule has 2 aromatic rings. The van der Waals surface area contributed by atoms with E-state index in [1.165, 1.54) is 24.8 Å². The number of aromatic carboxylic acids is 1. The maximum Gasteiger partial charge on any atom is 0.339 e. The van der Waals surface area contributed by atoms with Crippen molar-refractivity contribution in [3.05, 3.63) is 47.5 Å². The Morgan fingerprint density at radius 3 is 2.71 bits per heavy atom. The zero-order chi connectivity index (χ0) is 14.8. The summed E-state index contributed by atoms with van der Waals surface area (Å²) in [6.45, 7) is 0. The molecule has 0 bridgehead atoms. The lowest BCUT2D eigenvalue weighted by atomic mass is 9.85.